The Morgan fingerprint density at radius 3 is 2.48 bits per heavy atom. The van der Waals surface area contributed by atoms with Gasteiger partial charge in [0.05, 0.1) is 29.0 Å². The van der Waals surface area contributed by atoms with E-state index in [1.54, 1.807) is 4.90 Å². The molecular weight excluding hydrogens is 451 g/mol. The Morgan fingerprint density at radius 2 is 1.82 bits per heavy atom. The van der Waals surface area contributed by atoms with Crippen molar-refractivity contribution in [1.82, 2.24) is 9.88 Å². The highest BCUT2D eigenvalue weighted by molar-refractivity contribution is 7.22. The molecule has 0 aliphatic carbocycles. The van der Waals surface area contributed by atoms with Gasteiger partial charge in [0, 0.05) is 31.7 Å². The number of morpholine rings is 1. The Bertz CT molecular complexity index is 1120. The zero-order valence-corrected chi connectivity index (χ0v) is 19.4. The van der Waals surface area contributed by atoms with E-state index in [9.17, 15) is 18.0 Å². The van der Waals surface area contributed by atoms with Gasteiger partial charge in [-0.2, -0.15) is 13.2 Å². The number of ether oxygens (including phenoxy) is 1. The first-order chi connectivity index (χ1) is 15.7. The molecule has 1 aliphatic rings. The van der Waals surface area contributed by atoms with Crippen LogP contribution in [0.5, 0.6) is 0 Å². The molecule has 4 rings (SSSR count). The quantitative estimate of drug-likeness (QED) is 0.483. The number of aromatic nitrogens is 1. The van der Waals surface area contributed by atoms with Crippen LogP contribution in [0.1, 0.15) is 33.5 Å². The number of thiazole rings is 1. The normalized spacial score (nSPS) is 15.2. The van der Waals surface area contributed by atoms with E-state index in [2.05, 4.69) is 4.90 Å². The van der Waals surface area contributed by atoms with Crippen molar-refractivity contribution in [2.75, 3.05) is 44.3 Å². The Kier molecular flexibility index (Phi) is 7.02. The highest BCUT2D eigenvalue weighted by Crippen LogP contribution is 2.33. The van der Waals surface area contributed by atoms with Gasteiger partial charge in [0.2, 0.25) is 0 Å². The van der Waals surface area contributed by atoms with Gasteiger partial charge in [0.25, 0.3) is 5.91 Å². The van der Waals surface area contributed by atoms with E-state index in [1.165, 1.54) is 23.5 Å². The standard InChI is InChI=1S/C24H26F3N3O2S/c1-16-4-9-20-21(17(16)2)28-23(33-20)30(11-3-10-29-12-14-32-15-13-29)22(31)18-5-7-19(8-6-18)24(25,26)27/h4-9H,3,10-15H2,1-2H3. The molecule has 33 heavy (non-hydrogen) atoms. The van der Waals surface area contributed by atoms with Crippen molar-refractivity contribution in [1.29, 1.82) is 0 Å². The number of fused-ring (bicyclic) bond motifs is 1. The molecule has 0 spiro atoms. The third-order valence-electron chi connectivity index (χ3n) is 5.97. The number of anilines is 1. The van der Waals surface area contributed by atoms with E-state index in [-0.39, 0.29) is 11.5 Å². The summed E-state index contributed by atoms with van der Waals surface area (Å²) in [4.78, 5) is 22.0. The molecule has 2 heterocycles. The number of benzene rings is 2. The van der Waals surface area contributed by atoms with Crippen LogP contribution < -0.4 is 4.90 Å². The van der Waals surface area contributed by atoms with Crippen molar-refractivity contribution in [3.8, 4) is 0 Å². The average Bonchev–Trinajstić information content (AvgIpc) is 3.24. The minimum Gasteiger partial charge on any atom is -0.379 e. The van der Waals surface area contributed by atoms with Crippen LogP contribution >= 0.6 is 11.3 Å². The lowest BCUT2D eigenvalue weighted by molar-refractivity contribution is -0.137. The first kappa shape index (κ1) is 23.7. The molecule has 1 aromatic heterocycles. The first-order valence-corrected chi connectivity index (χ1v) is 11.7. The summed E-state index contributed by atoms with van der Waals surface area (Å²) in [7, 11) is 0. The van der Waals surface area contributed by atoms with Gasteiger partial charge in [-0.15, -0.1) is 0 Å². The van der Waals surface area contributed by atoms with Gasteiger partial charge in [0.15, 0.2) is 5.13 Å². The Labute approximate surface area is 194 Å². The molecule has 0 N–H and O–H groups in total. The number of carbonyl (C=O) groups excluding carboxylic acids is 1. The third kappa shape index (κ3) is 5.37. The second-order valence-electron chi connectivity index (χ2n) is 8.19. The monoisotopic (exact) mass is 477 g/mol. The van der Waals surface area contributed by atoms with Crippen LogP contribution in [0.3, 0.4) is 0 Å². The topological polar surface area (TPSA) is 45.7 Å². The van der Waals surface area contributed by atoms with Gasteiger partial charge < -0.3 is 4.74 Å². The highest BCUT2D eigenvalue weighted by Gasteiger charge is 2.31. The molecule has 0 radical (unpaired) electrons. The number of aryl methyl sites for hydroxylation is 2. The van der Waals surface area contributed by atoms with E-state index < -0.39 is 11.7 Å². The molecule has 1 aliphatic heterocycles. The molecule has 5 nitrogen and oxygen atoms in total. The van der Waals surface area contributed by atoms with E-state index in [0.717, 1.165) is 59.5 Å². The zero-order chi connectivity index (χ0) is 23.6. The maximum atomic E-state index is 13.4. The molecule has 3 aromatic rings. The van der Waals surface area contributed by atoms with Gasteiger partial charge >= 0.3 is 6.18 Å². The Hall–Kier alpha value is -2.49. The van der Waals surface area contributed by atoms with Crippen molar-refractivity contribution in [2.24, 2.45) is 0 Å². The maximum Gasteiger partial charge on any atom is 0.416 e. The fourth-order valence-electron chi connectivity index (χ4n) is 3.85. The zero-order valence-electron chi connectivity index (χ0n) is 18.6. The van der Waals surface area contributed by atoms with Crippen LogP contribution in [0, 0.1) is 13.8 Å². The molecule has 1 fully saturated rings. The van der Waals surface area contributed by atoms with Gasteiger partial charge in [-0.1, -0.05) is 17.4 Å². The number of carbonyl (C=O) groups is 1. The van der Waals surface area contributed by atoms with Crippen molar-refractivity contribution < 1.29 is 22.7 Å². The van der Waals surface area contributed by atoms with Crippen LogP contribution in [-0.2, 0) is 10.9 Å². The third-order valence-corrected chi connectivity index (χ3v) is 7.01. The molecule has 0 saturated carbocycles. The summed E-state index contributed by atoms with van der Waals surface area (Å²) >= 11 is 1.43. The Balaban J connectivity index is 1.60. The second-order valence-corrected chi connectivity index (χ2v) is 9.20. The second kappa shape index (κ2) is 9.79. The van der Waals surface area contributed by atoms with Crippen LogP contribution in [-0.4, -0.2) is 55.2 Å². The molecule has 1 amide bonds. The van der Waals surface area contributed by atoms with Crippen molar-refractivity contribution in [3.05, 3.63) is 58.7 Å². The number of alkyl halides is 3. The predicted molar refractivity (Wildman–Crippen MR) is 124 cm³/mol. The van der Waals surface area contributed by atoms with Crippen LogP contribution in [0.2, 0.25) is 0 Å². The fraction of sp³-hybridized carbons (Fsp3) is 0.417. The van der Waals surface area contributed by atoms with Crippen molar-refractivity contribution in [2.45, 2.75) is 26.4 Å². The molecule has 176 valence electrons. The number of amides is 1. The molecule has 0 atom stereocenters. The summed E-state index contributed by atoms with van der Waals surface area (Å²) < 4.78 is 45.2. The summed E-state index contributed by atoms with van der Waals surface area (Å²) in [6.07, 6.45) is -3.72. The van der Waals surface area contributed by atoms with Gasteiger partial charge in [0.1, 0.15) is 0 Å². The molecular formula is C24H26F3N3O2S. The van der Waals surface area contributed by atoms with Crippen LogP contribution in [0.4, 0.5) is 18.3 Å². The number of hydrogen-bond donors (Lipinski definition) is 0. The maximum absolute atomic E-state index is 13.4. The summed E-state index contributed by atoms with van der Waals surface area (Å²) in [5.74, 6) is -0.348. The smallest absolute Gasteiger partial charge is 0.379 e. The van der Waals surface area contributed by atoms with Gasteiger partial charge in [-0.3, -0.25) is 14.6 Å². The van der Waals surface area contributed by atoms with Gasteiger partial charge in [-0.25, -0.2) is 4.98 Å². The van der Waals surface area contributed by atoms with Crippen molar-refractivity contribution in [3.63, 3.8) is 0 Å². The lowest BCUT2D eigenvalue weighted by Crippen LogP contribution is -2.39. The number of nitrogens with zero attached hydrogens (tertiary/aromatic N) is 3. The molecule has 0 bridgehead atoms. The molecule has 1 saturated heterocycles. The largest absolute Gasteiger partial charge is 0.416 e. The molecule has 9 heteroatoms. The molecule has 0 unspecified atom stereocenters. The Morgan fingerprint density at radius 1 is 1.12 bits per heavy atom. The lowest BCUT2D eigenvalue weighted by atomic mass is 10.1. The van der Waals surface area contributed by atoms with E-state index in [4.69, 9.17) is 9.72 Å². The summed E-state index contributed by atoms with van der Waals surface area (Å²) in [6, 6.07) is 8.40. The van der Waals surface area contributed by atoms with Gasteiger partial charge in [-0.05, 0) is 61.7 Å². The molecule has 2 aromatic carbocycles. The lowest BCUT2D eigenvalue weighted by Gasteiger charge is -2.27. The van der Waals surface area contributed by atoms with E-state index in [0.29, 0.717) is 24.9 Å². The minimum absolute atomic E-state index is 0.210. The summed E-state index contributed by atoms with van der Waals surface area (Å²) in [5, 5.41) is 0.561. The number of halogens is 3. The van der Waals surface area contributed by atoms with Crippen LogP contribution in [0.15, 0.2) is 36.4 Å². The van der Waals surface area contributed by atoms with E-state index >= 15 is 0 Å². The van der Waals surface area contributed by atoms with E-state index in [1.807, 2.05) is 26.0 Å². The van der Waals surface area contributed by atoms with Crippen LogP contribution in [0.25, 0.3) is 10.2 Å². The number of rotatable bonds is 6. The highest BCUT2D eigenvalue weighted by atomic mass is 32.1. The first-order valence-electron chi connectivity index (χ1n) is 10.9. The summed E-state index contributed by atoms with van der Waals surface area (Å²) in [6.45, 7) is 8.36. The predicted octanol–water partition coefficient (Wildman–Crippen LogP) is 5.30. The minimum atomic E-state index is -4.44. The van der Waals surface area contributed by atoms with Crippen molar-refractivity contribution >= 4 is 32.6 Å². The average molecular weight is 478 g/mol. The SMILES string of the molecule is Cc1ccc2sc(N(CCCN3CCOCC3)C(=O)c3ccc(C(F)(F)F)cc3)nc2c1C. The summed E-state index contributed by atoms with van der Waals surface area (Å²) in [5.41, 5.74) is 2.47. The fourth-order valence-corrected chi connectivity index (χ4v) is 4.90. The number of hydrogen-bond acceptors (Lipinski definition) is 5.